The summed E-state index contributed by atoms with van der Waals surface area (Å²) in [6.07, 6.45) is 3.73. The highest BCUT2D eigenvalue weighted by Gasteiger charge is 2.37. The zero-order valence-electron chi connectivity index (χ0n) is 21.3. The summed E-state index contributed by atoms with van der Waals surface area (Å²) in [7, 11) is 1.66. The summed E-state index contributed by atoms with van der Waals surface area (Å²) in [5.74, 6) is 0.755. The Morgan fingerprint density at radius 1 is 0.919 bits per heavy atom. The highest BCUT2D eigenvalue weighted by Crippen LogP contribution is 2.44. The van der Waals surface area contributed by atoms with Crippen LogP contribution in [0.5, 0.6) is 5.75 Å². The van der Waals surface area contributed by atoms with Gasteiger partial charge in [-0.25, -0.2) is 0 Å². The molecule has 37 heavy (non-hydrogen) atoms. The van der Waals surface area contributed by atoms with Crippen molar-refractivity contribution in [1.82, 2.24) is 4.57 Å². The maximum absolute atomic E-state index is 14.1. The van der Waals surface area contributed by atoms with E-state index in [4.69, 9.17) is 4.74 Å². The zero-order valence-corrected chi connectivity index (χ0v) is 22.2. The Morgan fingerprint density at radius 2 is 1.57 bits per heavy atom. The third kappa shape index (κ3) is 3.80. The fourth-order valence-electron chi connectivity index (χ4n) is 5.94. The van der Waals surface area contributed by atoms with E-state index in [2.05, 4.69) is 78.2 Å². The van der Waals surface area contributed by atoms with Crippen LogP contribution >= 0.6 is 11.8 Å². The third-order valence-electron chi connectivity index (χ3n) is 7.67. The Kier molecular flexibility index (Phi) is 6.17. The predicted octanol–water partition coefficient (Wildman–Crippen LogP) is 7.94. The summed E-state index contributed by atoms with van der Waals surface area (Å²) in [6.45, 7) is 2.18. The van der Waals surface area contributed by atoms with Crippen molar-refractivity contribution >= 4 is 45.2 Å². The number of methoxy groups -OCH3 is 1. The van der Waals surface area contributed by atoms with Gasteiger partial charge in [-0.2, -0.15) is 0 Å². The molecule has 0 aliphatic carbocycles. The van der Waals surface area contributed by atoms with Crippen molar-refractivity contribution in [1.29, 1.82) is 0 Å². The van der Waals surface area contributed by atoms with Crippen LogP contribution in [0.2, 0.25) is 0 Å². The highest BCUT2D eigenvalue weighted by molar-refractivity contribution is 7.98. The molecule has 1 aliphatic heterocycles. The topological polar surface area (TPSA) is 34.5 Å². The number of fused-ring (bicyclic) bond motifs is 4. The third-order valence-corrected chi connectivity index (χ3v) is 8.44. The number of carbonyl (C=O) groups excluding carboxylic acids is 1. The molecule has 2 unspecified atom stereocenters. The SMILES string of the molecule is CCC1CC(n2c3ccccc3c3ccccc32)c2ccccc2N1C(=O)c1ccc(SC)c(OC)c1. The first-order valence-electron chi connectivity index (χ1n) is 12.8. The normalized spacial score (nSPS) is 17.2. The number of ether oxygens (including phenoxy) is 1. The van der Waals surface area contributed by atoms with Gasteiger partial charge in [0.05, 0.1) is 13.2 Å². The van der Waals surface area contributed by atoms with Crippen LogP contribution < -0.4 is 9.64 Å². The number of anilines is 1. The minimum Gasteiger partial charge on any atom is -0.496 e. The predicted molar refractivity (Wildman–Crippen MR) is 154 cm³/mol. The molecule has 1 amide bonds. The van der Waals surface area contributed by atoms with Crippen LogP contribution in [0, 0.1) is 0 Å². The quantitative estimate of drug-likeness (QED) is 0.227. The summed E-state index contributed by atoms with van der Waals surface area (Å²) < 4.78 is 8.08. The van der Waals surface area contributed by atoms with Crippen molar-refractivity contribution < 1.29 is 9.53 Å². The molecule has 1 aliphatic rings. The van der Waals surface area contributed by atoms with Gasteiger partial charge >= 0.3 is 0 Å². The first-order valence-corrected chi connectivity index (χ1v) is 14.0. The second-order valence-electron chi connectivity index (χ2n) is 9.52. The van der Waals surface area contributed by atoms with Crippen molar-refractivity contribution in [3.05, 3.63) is 102 Å². The summed E-state index contributed by atoms with van der Waals surface area (Å²) in [5, 5.41) is 2.53. The molecule has 2 atom stereocenters. The Labute approximate surface area is 221 Å². The van der Waals surface area contributed by atoms with E-state index in [0.717, 1.165) is 29.2 Å². The fourth-order valence-corrected chi connectivity index (χ4v) is 6.49. The van der Waals surface area contributed by atoms with Crippen LogP contribution in [0.4, 0.5) is 5.69 Å². The molecule has 4 nitrogen and oxygen atoms in total. The average molecular weight is 507 g/mol. The number of hydrogen-bond acceptors (Lipinski definition) is 3. The Bertz CT molecular complexity index is 1570. The number of amides is 1. The Balaban J connectivity index is 1.51. The van der Waals surface area contributed by atoms with Gasteiger partial charge in [-0.05, 0) is 61.1 Å². The molecule has 0 fully saturated rings. The van der Waals surface area contributed by atoms with E-state index < -0.39 is 0 Å². The largest absolute Gasteiger partial charge is 0.496 e. The first kappa shape index (κ1) is 23.7. The van der Waals surface area contributed by atoms with Crippen molar-refractivity contribution in [2.75, 3.05) is 18.3 Å². The molecule has 2 heterocycles. The van der Waals surface area contributed by atoms with Crippen LogP contribution in [0.25, 0.3) is 21.8 Å². The van der Waals surface area contributed by atoms with Gasteiger partial charge in [0.15, 0.2) is 0 Å². The number of hydrogen-bond donors (Lipinski definition) is 0. The van der Waals surface area contributed by atoms with Gasteiger partial charge < -0.3 is 14.2 Å². The van der Waals surface area contributed by atoms with Gasteiger partial charge in [-0.3, -0.25) is 4.79 Å². The van der Waals surface area contributed by atoms with Crippen molar-refractivity contribution in [3.63, 3.8) is 0 Å². The zero-order chi connectivity index (χ0) is 25.5. The van der Waals surface area contributed by atoms with E-state index in [1.807, 2.05) is 35.4 Å². The Morgan fingerprint density at radius 3 is 2.22 bits per heavy atom. The monoisotopic (exact) mass is 506 g/mol. The maximum Gasteiger partial charge on any atom is 0.258 e. The molecule has 0 radical (unpaired) electrons. The average Bonchev–Trinajstić information content (AvgIpc) is 3.29. The molecule has 0 saturated carbocycles. The second kappa shape index (κ2) is 9.64. The van der Waals surface area contributed by atoms with Gasteiger partial charge in [0.25, 0.3) is 5.91 Å². The lowest BCUT2D eigenvalue weighted by atomic mass is 9.88. The number of carbonyl (C=O) groups is 1. The molecular weight excluding hydrogens is 476 g/mol. The molecule has 0 bridgehead atoms. The van der Waals surface area contributed by atoms with Crippen molar-refractivity contribution in [2.45, 2.75) is 36.7 Å². The second-order valence-corrected chi connectivity index (χ2v) is 10.4. The molecule has 5 aromatic rings. The summed E-state index contributed by atoms with van der Waals surface area (Å²) in [4.78, 5) is 17.1. The van der Waals surface area contributed by atoms with Crippen LogP contribution in [-0.2, 0) is 0 Å². The molecule has 0 saturated heterocycles. The summed E-state index contributed by atoms with van der Waals surface area (Å²) >= 11 is 1.62. The minimum atomic E-state index is 0.0194. The maximum atomic E-state index is 14.1. The molecule has 0 N–H and O–H groups in total. The molecule has 6 rings (SSSR count). The van der Waals surface area contributed by atoms with Crippen molar-refractivity contribution in [3.8, 4) is 5.75 Å². The molecular formula is C32H30N2O2S. The van der Waals surface area contributed by atoms with Gasteiger partial charge in [0.2, 0.25) is 0 Å². The number of para-hydroxylation sites is 3. The smallest absolute Gasteiger partial charge is 0.258 e. The van der Waals surface area contributed by atoms with E-state index in [9.17, 15) is 4.79 Å². The van der Waals surface area contributed by atoms with Gasteiger partial charge in [0.1, 0.15) is 5.75 Å². The number of rotatable bonds is 5. The lowest BCUT2D eigenvalue weighted by Crippen LogP contribution is -2.45. The van der Waals surface area contributed by atoms with E-state index >= 15 is 0 Å². The van der Waals surface area contributed by atoms with Crippen LogP contribution in [0.15, 0.2) is 95.9 Å². The van der Waals surface area contributed by atoms with Crippen LogP contribution in [-0.4, -0.2) is 29.9 Å². The summed E-state index contributed by atoms with van der Waals surface area (Å²) in [6, 6.07) is 31.7. The lowest BCUT2D eigenvalue weighted by molar-refractivity contribution is 0.0969. The number of nitrogens with zero attached hydrogens (tertiary/aromatic N) is 2. The molecule has 0 spiro atoms. The standard InChI is InChI=1S/C32H30N2O2S/c1-4-22-20-29(34-26-14-8-5-11-23(26)24-12-6-9-15-27(24)34)25-13-7-10-16-28(25)33(22)32(35)21-17-18-31(37-3)30(19-21)36-2/h5-19,22,29H,4,20H2,1-3H3. The number of thioether (sulfide) groups is 1. The molecule has 186 valence electrons. The van der Waals surface area contributed by atoms with E-state index in [0.29, 0.717) is 5.56 Å². The Hall–Kier alpha value is -3.70. The summed E-state index contributed by atoms with van der Waals surface area (Å²) in [5.41, 5.74) is 5.29. The minimum absolute atomic E-state index is 0.0194. The van der Waals surface area contributed by atoms with Gasteiger partial charge in [-0.1, -0.05) is 61.5 Å². The van der Waals surface area contributed by atoms with E-state index in [-0.39, 0.29) is 18.0 Å². The first-order chi connectivity index (χ1) is 18.2. The fraction of sp³-hybridized carbons (Fsp3) is 0.219. The number of aromatic nitrogens is 1. The van der Waals surface area contributed by atoms with Gasteiger partial charge in [0, 0.05) is 44.0 Å². The van der Waals surface area contributed by atoms with Gasteiger partial charge in [-0.15, -0.1) is 11.8 Å². The lowest BCUT2D eigenvalue weighted by Gasteiger charge is -2.41. The van der Waals surface area contributed by atoms with Crippen molar-refractivity contribution in [2.24, 2.45) is 0 Å². The number of benzene rings is 4. The van der Waals surface area contributed by atoms with Crippen LogP contribution in [0.3, 0.4) is 0 Å². The molecule has 1 aromatic heterocycles. The van der Waals surface area contributed by atoms with E-state index in [1.54, 1.807) is 18.9 Å². The molecule has 5 heteroatoms. The highest BCUT2D eigenvalue weighted by atomic mass is 32.2. The van der Waals surface area contributed by atoms with Crippen LogP contribution in [0.1, 0.15) is 41.7 Å². The van der Waals surface area contributed by atoms with E-state index in [1.165, 1.54) is 27.4 Å². The molecule has 4 aromatic carbocycles.